The van der Waals surface area contributed by atoms with Gasteiger partial charge in [0.15, 0.2) is 0 Å². The predicted octanol–water partition coefficient (Wildman–Crippen LogP) is 2.18. The molecule has 0 fully saturated rings. The van der Waals surface area contributed by atoms with Crippen molar-refractivity contribution in [2.24, 2.45) is 0 Å². The minimum Gasteiger partial charge on any atom is -0.466 e. The van der Waals surface area contributed by atoms with E-state index in [1.54, 1.807) is 6.92 Å². The average molecular weight is 246 g/mol. The number of hydrogen-bond donors (Lipinski definition) is 1. The molecule has 18 heavy (non-hydrogen) atoms. The summed E-state index contributed by atoms with van der Waals surface area (Å²) in [5.41, 5.74) is 1.06. The molecule has 96 valence electrons. The molecular weight excluding hydrogens is 228 g/mol. The maximum absolute atomic E-state index is 11.2. The average Bonchev–Trinajstić information content (AvgIpc) is 2.39. The fourth-order valence-electron chi connectivity index (χ4n) is 1.67. The zero-order valence-corrected chi connectivity index (χ0v) is 10.6. The number of nitriles is 1. The Balaban J connectivity index is 2.45. The van der Waals surface area contributed by atoms with E-state index in [9.17, 15) is 4.79 Å². The smallest absolute Gasteiger partial charge is 0.307 e. The Morgan fingerprint density at radius 3 is 2.78 bits per heavy atom. The van der Waals surface area contributed by atoms with Crippen LogP contribution in [0.25, 0.3) is 0 Å². The van der Waals surface area contributed by atoms with E-state index in [-0.39, 0.29) is 12.0 Å². The number of hydrogen-bond acceptors (Lipinski definition) is 4. The molecule has 0 spiro atoms. The number of carbonyl (C=O) groups excluding carboxylic acids is 1. The molecule has 0 saturated carbocycles. The molecule has 0 aliphatic carbocycles. The van der Waals surface area contributed by atoms with Crippen molar-refractivity contribution in [3.63, 3.8) is 0 Å². The molecule has 1 atom stereocenters. The number of nitrogens with one attached hydrogen (secondary N) is 1. The van der Waals surface area contributed by atoms with Gasteiger partial charge in [-0.1, -0.05) is 30.3 Å². The summed E-state index contributed by atoms with van der Waals surface area (Å²) in [6, 6.07) is 11.9. The molecule has 4 heteroatoms. The van der Waals surface area contributed by atoms with Gasteiger partial charge in [-0.25, -0.2) is 0 Å². The maximum Gasteiger partial charge on any atom is 0.307 e. The highest BCUT2D eigenvalue weighted by Crippen LogP contribution is 2.15. The van der Waals surface area contributed by atoms with Crippen molar-refractivity contribution >= 4 is 5.97 Å². The van der Waals surface area contributed by atoms with Crippen LogP contribution in [0.4, 0.5) is 0 Å². The van der Waals surface area contributed by atoms with E-state index in [0.717, 1.165) is 5.56 Å². The molecule has 0 aliphatic heterocycles. The van der Waals surface area contributed by atoms with Crippen molar-refractivity contribution in [1.82, 2.24) is 5.32 Å². The molecule has 0 aromatic heterocycles. The lowest BCUT2D eigenvalue weighted by Gasteiger charge is -2.15. The number of esters is 1. The number of benzene rings is 1. The highest BCUT2D eigenvalue weighted by molar-refractivity contribution is 5.69. The first-order valence-electron chi connectivity index (χ1n) is 6.08. The van der Waals surface area contributed by atoms with E-state index >= 15 is 0 Å². The van der Waals surface area contributed by atoms with E-state index in [0.29, 0.717) is 26.0 Å². The zero-order chi connectivity index (χ0) is 13.2. The molecule has 0 aliphatic rings. The van der Waals surface area contributed by atoms with Gasteiger partial charge in [0.2, 0.25) is 0 Å². The van der Waals surface area contributed by atoms with Gasteiger partial charge in [0, 0.05) is 12.6 Å². The summed E-state index contributed by atoms with van der Waals surface area (Å²) in [7, 11) is 0. The van der Waals surface area contributed by atoms with Gasteiger partial charge in [-0.3, -0.25) is 4.79 Å². The summed E-state index contributed by atoms with van der Waals surface area (Å²) in [5.74, 6) is -0.214. The van der Waals surface area contributed by atoms with Gasteiger partial charge < -0.3 is 10.1 Å². The largest absolute Gasteiger partial charge is 0.466 e. The van der Waals surface area contributed by atoms with Crippen molar-refractivity contribution in [3.8, 4) is 6.07 Å². The number of ether oxygens (including phenoxy) is 1. The van der Waals surface area contributed by atoms with Crippen LogP contribution in [-0.2, 0) is 9.53 Å². The van der Waals surface area contributed by atoms with Crippen LogP contribution in [0.15, 0.2) is 30.3 Å². The SMILES string of the molecule is CCOC(=O)CCNC(CC#N)c1ccccc1. The molecule has 4 nitrogen and oxygen atoms in total. The molecule has 1 aromatic carbocycles. The molecule has 1 unspecified atom stereocenters. The van der Waals surface area contributed by atoms with Crippen LogP contribution < -0.4 is 5.32 Å². The Hall–Kier alpha value is -1.86. The minimum absolute atomic E-state index is 0.0365. The Bertz CT molecular complexity index is 398. The summed E-state index contributed by atoms with van der Waals surface area (Å²) in [6.45, 7) is 2.70. The minimum atomic E-state index is -0.214. The number of carbonyl (C=O) groups is 1. The maximum atomic E-state index is 11.2. The predicted molar refractivity (Wildman–Crippen MR) is 68.7 cm³/mol. The van der Waals surface area contributed by atoms with Crippen molar-refractivity contribution in [1.29, 1.82) is 5.26 Å². The molecule has 1 rings (SSSR count). The van der Waals surface area contributed by atoms with Gasteiger partial charge in [-0.15, -0.1) is 0 Å². The molecule has 1 N–H and O–H groups in total. The van der Waals surface area contributed by atoms with Crippen molar-refractivity contribution in [2.45, 2.75) is 25.8 Å². The monoisotopic (exact) mass is 246 g/mol. The van der Waals surface area contributed by atoms with Crippen LogP contribution in [0.3, 0.4) is 0 Å². The third kappa shape index (κ3) is 4.98. The Labute approximate surface area is 108 Å². The van der Waals surface area contributed by atoms with Crippen LogP contribution in [-0.4, -0.2) is 19.1 Å². The lowest BCUT2D eigenvalue weighted by molar-refractivity contribution is -0.143. The summed E-state index contributed by atoms with van der Waals surface area (Å²) in [6.07, 6.45) is 0.704. The second kappa shape index (κ2) is 8.26. The fraction of sp³-hybridized carbons (Fsp3) is 0.429. The molecule has 0 heterocycles. The molecule has 0 saturated heterocycles. The van der Waals surface area contributed by atoms with E-state index in [2.05, 4.69) is 11.4 Å². The molecular formula is C14H18N2O2. The van der Waals surface area contributed by atoms with E-state index in [4.69, 9.17) is 10.00 Å². The fourth-order valence-corrected chi connectivity index (χ4v) is 1.67. The first kappa shape index (κ1) is 14.2. The summed E-state index contributed by atoms with van der Waals surface area (Å²) in [5, 5.41) is 12.0. The van der Waals surface area contributed by atoms with Crippen molar-refractivity contribution in [2.75, 3.05) is 13.2 Å². The van der Waals surface area contributed by atoms with Crippen molar-refractivity contribution in [3.05, 3.63) is 35.9 Å². The van der Waals surface area contributed by atoms with Crippen LogP contribution in [0.5, 0.6) is 0 Å². The second-order valence-corrected chi connectivity index (χ2v) is 3.83. The van der Waals surface area contributed by atoms with Crippen molar-refractivity contribution < 1.29 is 9.53 Å². The van der Waals surface area contributed by atoms with E-state index in [1.165, 1.54) is 0 Å². The van der Waals surface area contributed by atoms with Gasteiger partial charge in [0.25, 0.3) is 0 Å². The van der Waals surface area contributed by atoms with E-state index in [1.807, 2.05) is 30.3 Å². The summed E-state index contributed by atoms with van der Waals surface area (Å²) < 4.78 is 4.85. The molecule has 1 aromatic rings. The molecule has 0 amide bonds. The third-order valence-electron chi connectivity index (χ3n) is 2.52. The van der Waals surface area contributed by atoms with Crippen LogP contribution in [0.2, 0.25) is 0 Å². The lowest BCUT2D eigenvalue weighted by atomic mass is 10.0. The molecule has 0 radical (unpaired) electrons. The summed E-state index contributed by atoms with van der Waals surface area (Å²) in [4.78, 5) is 11.2. The van der Waals surface area contributed by atoms with Gasteiger partial charge in [0.1, 0.15) is 0 Å². The van der Waals surface area contributed by atoms with Crippen LogP contribution in [0, 0.1) is 11.3 Å². The van der Waals surface area contributed by atoms with Gasteiger partial charge in [0.05, 0.1) is 25.5 Å². The Kier molecular flexibility index (Phi) is 6.52. The Morgan fingerprint density at radius 2 is 2.17 bits per heavy atom. The second-order valence-electron chi connectivity index (χ2n) is 3.83. The third-order valence-corrected chi connectivity index (χ3v) is 2.52. The number of rotatable bonds is 7. The first-order chi connectivity index (χ1) is 8.77. The quantitative estimate of drug-likeness (QED) is 0.749. The zero-order valence-electron chi connectivity index (χ0n) is 10.6. The molecule has 0 bridgehead atoms. The van der Waals surface area contributed by atoms with Gasteiger partial charge in [-0.05, 0) is 12.5 Å². The highest BCUT2D eigenvalue weighted by Gasteiger charge is 2.10. The van der Waals surface area contributed by atoms with Crippen LogP contribution >= 0.6 is 0 Å². The van der Waals surface area contributed by atoms with Gasteiger partial charge >= 0.3 is 5.97 Å². The standard InChI is InChI=1S/C14H18N2O2/c1-2-18-14(17)9-11-16-13(8-10-15)12-6-4-3-5-7-12/h3-7,13,16H,2,8-9,11H2,1H3. The Morgan fingerprint density at radius 1 is 1.44 bits per heavy atom. The summed E-state index contributed by atoms with van der Waals surface area (Å²) >= 11 is 0. The topological polar surface area (TPSA) is 62.1 Å². The highest BCUT2D eigenvalue weighted by atomic mass is 16.5. The van der Waals surface area contributed by atoms with Gasteiger partial charge in [-0.2, -0.15) is 5.26 Å². The lowest BCUT2D eigenvalue weighted by Crippen LogP contribution is -2.24. The normalized spacial score (nSPS) is 11.6. The van der Waals surface area contributed by atoms with E-state index < -0.39 is 0 Å². The van der Waals surface area contributed by atoms with Crippen LogP contribution in [0.1, 0.15) is 31.4 Å². The number of nitrogens with zero attached hydrogens (tertiary/aromatic N) is 1. The first-order valence-corrected chi connectivity index (χ1v) is 6.08.